The van der Waals surface area contributed by atoms with Gasteiger partial charge in [0.25, 0.3) is 0 Å². The van der Waals surface area contributed by atoms with Gasteiger partial charge in [0.1, 0.15) is 6.04 Å². The molecule has 0 aromatic heterocycles. The van der Waals surface area contributed by atoms with Gasteiger partial charge in [-0.05, 0) is 12.3 Å². The average Bonchev–Trinajstić information content (AvgIpc) is 2.14. The lowest BCUT2D eigenvalue weighted by Crippen LogP contribution is -2.51. The lowest BCUT2D eigenvalue weighted by molar-refractivity contribution is -0.142. The van der Waals surface area contributed by atoms with Crippen LogP contribution in [0, 0.1) is 5.92 Å². The number of carboxylic acids is 1. The molecule has 0 aliphatic carbocycles. The number of carbonyl (C=O) groups excluding carboxylic acids is 1. The van der Waals surface area contributed by atoms with Crippen molar-refractivity contribution in [3.05, 3.63) is 0 Å². The number of aliphatic carboxylic acids is 1. The largest absolute Gasteiger partial charge is 0.480 e. The van der Waals surface area contributed by atoms with Gasteiger partial charge in [0.2, 0.25) is 5.91 Å². The van der Waals surface area contributed by atoms with Crippen LogP contribution < -0.4 is 16.8 Å². The Morgan fingerprint density at radius 3 is 2.27 bits per heavy atom. The summed E-state index contributed by atoms with van der Waals surface area (Å²) in [5.74, 6) is -1.40. The van der Waals surface area contributed by atoms with E-state index in [1.54, 1.807) is 0 Å². The molecule has 0 rings (SSSR count). The number of hydrogen-bond donors (Lipinski definition) is 4. The normalized spacial score (nSPS) is 14.7. The van der Waals surface area contributed by atoms with Crippen molar-refractivity contribution in [3.63, 3.8) is 0 Å². The molecule has 0 fully saturated rings. The molecule has 6 heteroatoms. The molecule has 0 aliphatic rings. The average molecular weight is 217 g/mol. The second-order valence-corrected chi connectivity index (χ2v) is 3.87. The number of amides is 1. The first-order valence-electron chi connectivity index (χ1n) is 4.87. The first-order valence-corrected chi connectivity index (χ1v) is 4.87. The van der Waals surface area contributed by atoms with Crippen molar-refractivity contribution in [2.24, 2.45) is 17.4 Å². The summed E-state index contributed by atoms with van der Waals surface area (Å²) in [4.78, 5) is 22.1. The zero-order valence-corrected chi connectivity index (χ0v) is 9.06. The highest BCUT2D eigenvalue weighted by Crippen LogP contribution is 2.04. The lowest BCUT2D eigenvalue weighted by atomic mass is 10.0. The highest BCUT2D eigenvalue weighted by molar-refractivity contribution is 5.86. The summed E-state index contributed by atoms with van der Waals surface area (Å²) in [5.41, 5.74) is 10.6. The highest BCUT2D eigenvalue weighted by atomic mass is 16.4. The summed E-state index contributed by atoms with van der Waals surface area (Å²) in [6, 6.07) is -1.74. The Balaban J connectivity index is 4.29. The molecule has 2 atom stereocenters. The monoisotopic (exact) mass is 217 g/mol. The van der Waals surface area contributed by atoms with E-state index in [0.717, 1.165) is 0 Å². The molecular formula is C9H19N3O3. The number of rotatable bonds is 6. The van der Waals surface area contributed by atoms with Crippen LogP contribution in [-0.4, -0.2) is 35.6 Å². The lowest BCUT2D eigenvalue weighted by Gasteiger charge is -2.18. The first-order chi connectivity index (χ1) is 6.88. The van der Waals surface area contributed by atoms with Crippen molar-refractivity contribution >= 4 is 11.9 Å². The van der Waals surface area contributed by atoms with Gasteiger partial charge in [-0.3, -0.25) is 4.79 Å². The number of nitrogens with two attached hydrogens (primary N) is 2. The van der Waals surface area contributed by atoms with Crippen LogP contribution in [0.15, 0.2) is 0 Å². The van der Waals surface area contributed by atoms with Crippen LogP contribution in [0.1, 0.15) is 20.3 Å². The van der Waals surface area contributed by atoms with E-state index >= 15 is 0 Å². The third-order valence-corrected chi connectivity index (χ3v) is 1.91. The summed E-state index contributed by atoms with van der Waals surface area (Å²) < 4.78 is 0. The van der Waals surface area contributed by atoms with Crippen LogP contribution in [0.2, 0.25) is 0 Å². The minimum absolute atomic E-state index is 0.000148. The summed E-state index contributed by atoms with van der Waals surface area (Å²) in [5, 5.41) is 11.2. The molecule has 0 aromatic rings. The van der Waals surface area contributed by atoms with E-state index < -0.39 is 24.0 Å². The maximum atomic E-state index is 11.3. The zero-order chi connectivity index (χ0) is 12.0. The van der Waals surface area contributed by atoms with Crippen molar-refractivity contribution in [2.75, 3.05) is 6.54 Å². The quantitative estimate of drug-likeness (QED) is 0.450. The van der Waals surface area contributed by atoms with Crippen LogP contribution in [0.25, 0.3) is 0 Å². The Morgan fingerprint density at radius 2 is 1.93 bits per heavy atom. The summed E-state index contributed by atoms with van der Waals surface area (Å²) in [7, 11) is 0. The van der Waals surface area contributed by atoms with Gasteiger partial charge in [-0.1, -0.05) is 13.8 Å². The predicted molar refractivity (Wildman–Crippen MR) is 56.1 cm³/mol. The maximum absolute atomic E-state index is 11.3. The second kappa shape index (κ2) is 6.36. The smallest absolute Gasteiger partial charge is 0.326 e. The van der Waals surface area contributed by atoms with E-state index in [-0.39, 0.29) is 12.5 Å². The minimum atomic E-state index is -1.05. The van der Waals surface area contributed by atoms with E-state index in [0.29, 0.717) is 6.42 Å². The van der Waals surface area contributed by atoms with Gasteiger partial charge < -0.3 is 21.9 Å². The van der Waals surface area contributed by atoms with E-state index in [9.17, 15) is 9.59 Å². The predicted octanol–water partition coefficient (Wildman–Crippen LogP) is -1.11. The number of carboxylic acid groups (broad SMARTS) is 1. The fourth-order valence-corrected chi connectivity index (χ4v) is 1.08. The number of hydrogen-bond acceptors (Lipinski definition) is 4. The molecule has 0 radical (unpaired) electrons. The molecule has 0 aliphatic heterocycles. The van der Waals surface area contributed by atoms with Gasteiger partial charge in [-0.2, -0.15) is 0 Å². The van der Waals surface area contributed by atoms with Gasteiger partial charge in [0, 0.05) is 6.54 Å². The van der Waals surface area contributed by atoms with Crippen LogP contribution >= 0.6 is 0 Å². The standard InChI is InChI=1S/C9H19N3O3/c1-5(2)3-7(9(14)15)12-8(13)6(11)4-10/h5-7H,3-4,10-11H2,1-2H3,(H,12,13)(H,14,15)/t6-,7+/m1/s1. The molecule has 15 heavy (non-hydrogen) atoms. The SMILES string of the molecule is CC(C)C[C@H](NC(=O)[C@H](N)CN)C(=O)O. The van der Waals surface area contributed by atoms with Crippen LogP contribution in [0.3, 0.4) is 0 Å². The van der Waals surface area contributed by atoms with Crippen molar-refractivity contribution < 1.29 is 14.7 Å². The molecule has 88 valence electrons. The molecule has 0 unspecified atom stereocenters. The van der Waals surface area contributed by atoms with Crippen molar-refractivity contribution in [1.29, 1.82) is 0 Å². The fraction of sp³-hybridized carbons (Fsp3) is 0.778. The Labute approximate surface area is 89.0 Å². The van der Waals surface area contributed by atoms with Crippen LogP contribution in [-0.2, 0) is 9.59 Å². The molecule has 0 heterocycles. The van der Waals surface area contributed by atoms with Gasteiger partial charge in [-0.15, -0.1) is 0 Å². The Bertz CT molecular complexity index is 231. The fourth-order valence-electron chi connectivity index (χ4n) is 1.08. The van der Waals surface area contributed by atoms with Crippen LogP contribution in [0.4, 0.5) is 0 Å². The van der Waals surface area contributed by atoms with E-state index in [1.165, 1.54) is 0 Å². The number of carbonyl (C=O) groups is 2. The third kappa shape index (κ3) is 5.34. The second-order valence-electron chi connectivity index (χ2n) is 3.87. The Morgan fingerprint density at radius 1 is 1.40 bits per heavy atom. The van der Waals surface area contributed by atoms with Crippen molar-refractivity contribution in [3.8, 4) is 0 Å². The highest BCUT2D eigenvalue weighted by Gasteiger charge is 2.23. The summed E-state index contributed by atoms with van der Waals surface area (Å²) in [6.45, 7) is 3.76. The molecule has 6 nitrogen and oxygen atoms in total. The Kier molecular flexibility index (Phi) is 5.88. The van der Waals surface area contributed by atoms with Crippen molar-refractivity contribution in [2.45, 2.75) is 32.4 Å². The van der Waals surface area contributed by atoms with Crippen LogP contribution in [0.5, 0.6) is 0 Å². The van der Waals surface area contributed by atoms with E-state index in [1.807, 2.05) is 13.8 Å². The van der Waals surface area contributed by atoms with E-state index in [4.69, 9.17) is 16.6 Å². The van der Waals surface area contributed by atoms with Gasteiger partial charge >= 0.3 is 5.97 Å². The molecule has 0 saturated carbocycles. The molecule has 6 N–H and O–H groups in total. The molecule has 0 spiro atoms. The summed E-state index contributed by atoms with van der Waals surface area (Å²) in [6.07, 6.45) is 0.373. The molecular weight excluding hydrogens is 198 g/mol. The maximum Gasteiger partial charge on any atom is 0.326 e. The molecule has 0 saturated heterocycles. The molecule has 0 bridgehead atoms. The van der Waals surface area contributed by atoms with Gasteiger partial charge in [-0.25, -0.2) is 4.79 Å². The van der Waals surface area contributed by atoms with Gasteiger partial charge in [0.15, 0.2) is 0 Å². The van der Waals surface area contributed by atoms with E-state index in [2.05, 4.69) is 5.32 Å². The molecule has 0 aromatic carbocycles. The topological polar surface area (TPSA) is 118 Å². The third-order valence-electron chi connectivity index (χ3n) is 1.91. The zero-order valence-electron chi connectivity index (χ0n) is 9.06. The Hall–Kier alpha value is -1.14. The van der Waals surface area contributed by atoms with Crippen molar-refractivity contribution in [1.82, 2.24) is 5.32 Å². The minimum Gasteiger partial charge on any atom is -0.480 e. The van der Waals surface area contributed by atoms with Gasteiger partial charge in [0.05, 0.1) is 6.04 Å². The first kappa shape index (κ1) is 13.9. The summed E-state index contributed by atoms with van der Waals surface area (Å²) >= 11 is 0. The molecule has 1 amide bonds. The number of nitrogens with one attached hydrogen (secondary N) is 1.